The lowest BCUT2D eigenvalue weighted by molar-refractivity contribution is -0.148. The number of anilines is 2. The number of imidazole rings is 1. The number of aromatic nitrogens is 5. The highest BCUT2D eigenvalue weighted by Crippen LogP contribution is 2.24. The molecule has 3 heterocycles. The lowest BCUT2D eigenvalue weighted by atomic mass is 10.3. The Morgan fingerprint density at radius 2 is 2.24 bits per heavy atom. The maximum Gasteiger partial charge on any atom is 0.331 e. The minimum Gasteiger partial charge on any atom is -0.493 e. The van der Waals surface area contributed by atoms with E-state index in [1.165, 1.54) is 41.9 Å². The maximum atomic E-state index is 14.3. The zero-order valence-corrected chi connectivity index (χ0v) is 20.2. The van der Waals surface area contributed by atoms with E-state index in [0.29, 0.717) is 27.2 Å². The predicted octanol–water partition coefficient (Wildman–Crippen LogP) is 0.920. The van der Waals surface area contributed by atoms with E-state index >= 15 is 0 Å². The molecular weight excluding hydrogens is 507 g/mol. The quantitative estimate of drug-likeness (QED) is 0.257. The molecule has 1 saturated carbocycles. The number of hydrogen-bond donors (Lipinski definition) is 4. The van der Waals surface area contributed by atoms with Gasteiger partial charge in [0.15, 0.2) is 17.9 Å². The number of nitrogens with two attached hydrogens (primary N) is 1. The number of rotatable bonds is 7. The first-order valence-electron chi connectivity index (χ1n) is 11.3. The number of H-pyrrole nitrogens is 1. The van der Waals surface area contributed by atoms with Crippen molar-refractivity contribution in [3.8, 4) is 5.88 Å². The van der Waals surface area contributed by atoms with Gasteiger partial charge in [-0.25, -0.2) is 18.7 Å². The third-order valence-electron chi connectivity index (χ3n) is 5.52. The van der Waals surface area contributed by atoms with Crippen molar-refractivity contribution in [2.45, 2.75) is 38.6 Å². The second kappa shape index (κ2) is 9.67. The lowest BCUT2D eigenvalue weighted by Gasteiger charge is -2.08. The van der Waals surface area contributed by atoms with Gasteiger partial charge in [0.25, 0.3) is 0 Å². The summed E-state index contributed by atoms with van der Waals surface area (Å²) in [7, 11) is 0. The van der Waals surface area contributed by atoms with Gasteiger partial charge in [-0.05, 0) is 44.0 Å². The summed E-state index contributed by atoms with van der Waals surface area (Å²) in [6, 6.07) is 5.04. The van der Waals surface area contributed by atoms with Crippen LogP contribution in [0.3, 0.4) is 0 Å². The summed E-state index contributed by atoms with van der Waals surface area (Å²) in [4.78, 5) is 35.7. The summed E-state index contributed by atoms with van der Waals surface area (Å²) >= 11 is 6.02. The Hall–Kier alpha value is -4.23. The van der Waals surface area contributed by atoms with E-state index in [0.717, 1.165) is 17.4 Å². The second-order valence-electron chi connectivity index (χ2n) is 8.57. The molecule has 0 saturated heterocycles. The molecular formula is C23H22ClFN8O4. The van der Waals surface area contributed by atoms with Crippen LogP contribution in [0.2, 0.25) is 5.02 Å². The lowest BCUT2D eigenvalue weighted by Crippen LogP contribution is -2.30. The van der Waals surface area contributed by atoms with Crippen molar-refractivity contribution in [1.82, 2.24) is 24.1 Å². The van der Waals surface area contributed by atoms with Crippen LogP contribution < -0.4 is 27.4 Å². The fourth-order valence-electron chi connectivity index (χ4n) is 3.46. The first kappa shape index (κ1) is 24.5. The third kappa shape index (κ3) is 5.17. The van der Waals surface area contributed by atoms with E-state index in [1.807, 2.05) is 0 Å². The molecule has 1 unspecified atom stereocenters. The minimum atomic E-state index is -0.883. The van der Waals surface area contributed by atoms with Gasteiger partial charge in [0, 0.05) is 16.3 Å². The number of carbonyl (C=O) groups is 1. The number of benzene rings is 1. The topological polar surface area (TPSA) is 165 Å². The Morgan fingerprint density at radius 3 is 2.97 bits per heavy atom. The van der Waals surface area contributed by atoms with E-state index in [2.05, 4.69) is 25.4 Å². The van der Waals surface area contributed by atoms with Crippen LogP contribution in [0.15, 0.2) is 40.2 Å². The van der Waals surface area contributed by atoms with E-state index < -0.39 is 36.1 Å². The van der Waals surface area contributed by atoms with Gasteiger partial charge < -0.3 is 25.9 Å². The van der Waals surface area contributed by atoms with Gasteiger partial charge in [0.1, 0.15) is 23.4 Å². The molecule has 1 atom stereocenters. The number of ether oxygens (including phenoxy) is 1. The molecule has 37 heavy (non-hydrogen) atoms. The van der Waals surface area contributed by atoms with Gasteiger partial charge in [0.05, 0.1) is 17.9 Å². The summed E-state index contributed by atoms with van der Waals surface area (Å²) in [5.74, 6) is -1.41. The fraction of sp³-hybridized carbons (Fsp3) is 0.261. The molecule has 1 fully saturated rings. The van der Waals surface area contributed by atoms with Crippen molar-refractivity contribution >= 4 is 40.8 Å². The van der Waals surface area contributed by atoms with Crippen LogP contribution >= 0.6 is 11.6 Å². The van der Waals surface area contributed by atoms with E-state index in [1.54, 1.807) is 6.07 Å². The molecule has 0 spiro atoms. The fourth-order valence-corrected chi connectivity index (χ4v) is 3.63. The molecule has 0 amide bonds. The van der Waals surface area contributed by atoms with E-state index in [9.17, 15) is 19.1 Å². The first-order chi connectivity index (χ1) is 17.7. The first-order valence-corrected chi connectivity index (χ1v) is 11.7. The Kier molecular flexibility index (Phi) is 6.39. The highest BCUT2D eigenvalue weighted by molar-refractivity contribution is 6.30. The van der Waals surface area contributed by atoms with Crippen molar-refractivity contribution < 1.29 is 19.0 Å². The van der Waals surface area contributed by atoms with Gasteiger partial charge in [0.2, 0.25) is 5.88 Å². The standard InChI is InChI=1S/C23H22ClFN8O4/c1-11(26)22(35)37-10-32-21(34)17(30-23(32)36)6-12-9-27-33-19(28-14-3-4-14)8-18(31-20(12)33)29-16-7-13(24)2-5-15(16)25/h2,5-9,11,14,29,34H,3-4,10,26H2,1H3,(H,30,36). The van der Waals surface area contributed by atoms with Gasteiger partial charge in [-0.3, -0.25) is 9.79 Å². The molecule has 0 radical (unpaired) electrons. The van der Waals surface area contributed by atoms with E-state index in [-0.39, 0.29) is 17.4 Å². The third-order valence-corrected chi connectivity index (χ3v) is 5.76. The number of nitrogens with one attached hydrogen (secondary N) is 2. The number of aromatic hydroxyl groups is 1. The molecule has 5 N–H and O–H groups in total. The van der Waals surface area contributed by atoms with Crippen molar-refractivity contribution in [2.75, 3.05) is 5.32 Å². The molecule has 5 rings (SSSR count). The van der Waals surface area contributed by atoms with Gasteiger partial charge in [-0.1, -0.05) is 11.6 Å². The molecule has 4 aromatic rings. The van der Waals surface area contributed by atoms with Crippen molar-refractivity contribution in [3.05, 3.63) is 68.2 Å². The molecule has 0 bridgehead atoms. The average molecular weight is 529 g/mol. The number of hydrogen-bond acceptors (Lipinski definition) is 9. The van der Waals surface area contributed by atoms with Crippen LogP contribution in [-0.2, 0) is 16.3 Å². The molecule has 3 aromatic heterocycles. The zero-order chi connectivity index (χ0) is 26.3. The molecule has 192 valence electrons. The smallest absolute Gasteiger partial charge is 0.331 e. The van der Waals surface area contributed by atoms with Crippen LogP contribution in [-0.4, -0.2) is 47.3 Å². The number of nitrogens with zero attached hydrogens (tertiary/aromatic N) is 5. The largest absolute Gasteiger partial charge is 0.493 e. The molecule has 0 aliphatic heterocycles. The number of carbonyl (C=O) groups excluding carboxylic acids is 1. The van der Waals surface area contributed by atoms with Crippen LogP contribution in [0, 0.1) is 5.82 Å². The van der Waals surface area contributed by atoms with Gasteiger partial charge in [-0.2, -0.15) is 9.61 Å². The summed E-state index contributed by atoms with van der Waals surface area (Å²) in [5.41, 5.74) is 5.76. The molecule has 1 aromatic carbocycles. The normalized spacial score (nSPS) is 15.4. The summed E-state index contributed by atoms with van der Waals surface area (Å²) in [6.45, 7) is 0.916. The zero-order valence-electron chi connectivity index (χ0n) is 19.5. The molecule has 14 heteroatoms. The molecule has 1 aliphatic carbocycles. The predicted molar refractivity (Wildman–Crippen MR) is 132 cm³/mol. The van der Waals surface area contributed by atoms with Crippen LogP contribution in [0.4, 0.5) is 15.9 Å². The van der Waals surface area contributed by atoms with E-state index in [4.69, 9.17) is 22.1 Å². The summed E-state index contributed by atoms with van der Waals surface area (Å²) < 4.78 is 21.6. The highest BCUT2D eigenvalue weighted by Gasteiger charge is 2.21. The van der Waals surface area contributed by atoms with Gasteiger partial charge in [-0.15, -0.1) is 0 Å². The Bertz CT molecular complexity index is 1690. The Labute approximate surface area is 212 Å². The monoisotopic (exact) mass is 528 g/mol. The van der Waals surface area contributed by atoms with Crippen molar-refractivity contribution in [2.24, 2.45) is 10.7 Å². The highest BCUT2D eigenvalue weighted by atomic mass is 35.5. The van der Waals surface area contributed by atoms with Crippen molar-refractivity contribution in [1.29, 1.82) is 0 Å². The Balaban J connectivity index is 1.58. The maximum absolute atomic E-state index is 14.3. The summed E-state index contributed by atoms with van der Waals surface area (Å²) in [6.07, 6.45) is 4.85. The molecule has 12 nitrogen and oxygen atoms in total. The number of halogens is 2. The number of fused-ring (bicyclic) bond motifs is 1. The average Bonchev–Trinajstić information content (AvgIpc) is 3.52. The number of esters is 1. The summed E-state index contributed by atoms with van der Waals surface area (Å²) in [5, 5.41) is 18.6. The van der Waals surface area contributed by atoms with Crippen LogP contribution in [0.25, 0.3) is 11.7 Å². The van der Waals surface area contributed by atoms with Crippen molar-refractivity contribution in [3.63, 3.8) is 0 Å². The SMILES string of the molecule is CC(N)C(=O)OCn1c(O)c(C=c2cnn3c(=NC4CC4)cc(Nc4cc(Cl)ccc4F)nc23)[nH]c1=O. The van der Waals surface area contributed by atoms with Crippen LogP contribution in [0.1, 0.15) is 25.5 Å². The van der Waals surface area contributed by atoms with Gasteiger partial charge >= 0.3 is 11.7 Å². The number of aromatic amines is 1. The van der Waals surface area contributed by atoms with Crippen LogP contribution in [0.5, 0.6) is 5.88 Å². The Morgan fingerprint density at radius 1 is 1.46 bits per heavy atom. The second-order valence-corrected chi connectivity index (χ2v) is 9.00. The molecule has 1 aliphatic rings. The minimum absolute atomic E-state index is 0.0403.